The predicted octanol–water partition coefficient (Wildman–Crippen LogP) is 5.30. The summed E-state index contributed by atoms with van der Waals surface area (Å²) in [7, 11) is 0. The molecule has 0 spiro atoms. The Bertz CT molecular complexity index is 478. The van der Waals surface area contributed by atoms with Crippen molar-refractivity contribution in [2.45, 2.75) is 24.6 Å². The molecule has 2 aromatic rings. The number of rotatable bonds is 4. The van der Waals surface area contributed by atoms with E-state index in [0.717, 1.165) is 12.0 Å². The summed E-state index contributed by atoms with van der Waals surface area (Å²) in [6.07, 6.45) is 0.954. The molecule has 0 heterocycles. The van der Waals surface area contributed by atoms with Crippen LogP contribution in [0.1, 0.15) is 35.8 Å². The molecule has 0 aromatic heterocycles. The minimum atomic E-state index is -0.227. The van der Waals surface area contributed by atoms with Crippen molar-refractivity contribution in [1.82, 2.24) is 0 Å². The third kappa shape index (κ3) is 2.91. The predicted molar refractivity (Wildman–Crippen MR) is 74.5 cm³/mol. The standard InChI is InChI=1S/C16H16ClF/c1-2-15(12-6-4-3-5-7-12)16(17)13-8-10-14(18)11-9-13/h3-11,15-16H,2H2,1H3. The highest BCUT2D eigenvalue weighted by molar-refractivity contribution is 6.21. The van der Waals surface area contributed by atoms with Crippen LogP contribution in [0.3, 0.4) is 0 Å². The average molecular weight is 263 g/mol. The van der Waals surface area contributed by atoms with E-state index in [4.69, 9.17) is 11.6 Å². The highest BCUT2D eigenvalue weighted by Crippen LogP contribution is 2.38. The van der Waals surface area contributed by atoms with Gasteiger partial charge in [-0.25, -0.2) is 4.39 Å². The summed E-state index contributed by atoms with van der Waals surface area (Å²) >= 11 is 6.54. The zero-order valence-corrected chi connectivity index (χ0v) is 11.1. The fourth-order valence-corrected chi connectivity index (χ4v) is 2.66. The van der Waals surface area contributed by atoms with Gasteiger partial charge < -0.3 is 0 Å². The quantitative estimate of drug-likeness (QED) is 0.656. The van der Waals surface area contributed by atoms with Gasteiger partial charge in [0.2, 0.25) is 0 Å². The Morgan fingerprint density at radius 1 is 0.944 bits per heavy atom. The second-order valence-electron chi connectivity index (χ2n) is 4.38. The Morgan fingerprint density at radius 2 is 1.56 bits per heavy atom. The average Bonchev–Trinajstić information content (AvgIpc) is 2.41. The van der Waals surface area contributed by atoms with E-state index in [1.165, 1.54) is 17.7 Å². The summed E-state index contributed by atoms with van der Waals surface area (Å²) in [6.45, 7) is 2.12. The number of alkyl halides is 1. The first-order valence-electron chi connectivity index (χ1n) is 6.17. The van der Waals surface area contributed by atoms with Crippen molar-refractivity contribution in [2.75, 3.05) is 0 Å². The molecule has 0 aliphatic carbocycles. The third-order valence-electron chi connectivity index (χ3n) is 3.21. The van der Waals surface area contributed by atoms with E-state index in [9.17, 15) is 4.39 Å². The molecule has 2 rings (SSSR count). The molecular weight excluding hydrogens is 247 g/mol. The van der Waals surface area contributed by atoms with Crippen LogP contribution < -0.4 is 0 Å². The van der Waals surface area contributed by atoms with E-state index in [0.29, 0.717) is 0 Å². The first kappa shape index (κ1) is 13.1. The summed E-state index contributed by atoms with van der Waals surface area (Å²) < 4.78 is 12.9. The number of hydrogen-bond donors (Lipinski definition) is 0. The molecule has 18 heavy (non-hydrogen) atoms. The van der Waals surface area contributed by atoms with Crippen molar-refractivity contribution in [3.8, 4) is 0 Å². The van der Waals surface area contributed by atoms with Gasteiger partial charge in [-0.3, -0.25) is 0 Å². The van der Waals surface area contributed by atoms with Gasteiger partial charge in [0.05, 0.1) is 5.38 Å². The number of halogens is 2. The first-order valence-corrected chi connectivity index (χ1v) is 6.60. The maximum atomic E-state index is 12.9. The van der Waals surface area contributed by atoms with E-state index in [1.54, 1.807) is 12.1 Å². The Morgan fingerprint density at radius 3 is 2.11 bits per heavy atom. The van der Waals surface area contributed by atoms with Crippen LogP contribution in [0.25, 0.3) is 0 Å². The van der Waals surface area contributed by atoms with E-state index in [1.807, 2.05) is 18.2 Å². The summed E-state index contributed by atoms with van der Waals surface area (Å²) in [4.78, 5) is 0. The van der Waals surface area contributed by atoms with Crippen LogP contribution in [-0.2, 0) is 0 Å². The molecule has 2 atom stereocenters. The van der Waals surface area contributed by atoms with Crippen LogP contribution in [-0.4, -0.2) is 0 Å². The van der Waals surface area contributed by atoms with Gasteiger partial charge in [-0.05, 0) is 29.7 Å². The molecule has 2 heteroatoms. The van der Waals surface area contributed by atoms with Crippen molar-refractivity contribution in [1.29, 1.82) is 0 Å². The van der Waals surface area contributed by atoms with Crippen LogP contribution in [0.15, 0.2) is 54.6 Å². The molecule has 0 saturated heterocycles. The van der Waals surface area contributed by atoms with E-state index < -0.39 is 0 Å². The molecule has 0 bridgehead atoms. The summed E-state index contributed by atoms with van der Waals surface area (Å²) in [5, 5.41) is -0.127. The van der Waals surface area contributed by atoms with E-state index in [2.05, 4.69) is 19.1 Å². The molecule has 0 nitrogen and oxygen atoms in total. The zero-order valence-electron chi connectivity index (χ0n) is 10.3. The molecule has 0 amide bonds. The second-order valence-corrected chi connectivity index (χ2v) is 4.85. The number of hydrogen-bond acceptors (Lipinski definition) is 0. The minimum absolute atomic E-state index is 0.127. The van der Waals surface area contributed by atoms with E-state index >= 15 is 0 Å². The van der Waals surface area contributed by atoms with Crippen LogP contribution in [0.5, 0.6) is 0 Å². The van der Waals surface area contributed by atoms with Gasteiger partial charge in [-0.15, -0.1) is 11.6 Å². The maximum absolute atomic E-state index is 12.9. The van der Waals surface area contributed by atoms with Crippen LogP contribution in [0, 0.1) is 5.82 Å². The van der Waals surface area contributed by atoms with Gasteiger partial charge in [-0.2, -0.15) is 0 Å². The lowest BCUT2D eigenvalue weighted by molar-refractivity contribution is 0.619. The first-order chi connectivity index (χ1) is 8.72. The summed E-state index contributed by atoms with van der Waals surface area (Å²) in [5.74, 6) is 0.0219. The fraction of sp³-hybridized carbons (Fsp3) is 0.250. The van der Waals surface area contributed by atoms with Crippen molar-refractivity contribution in [3.05, 3.63) is 71.5 Å². The molecule has 0 N–H and O–H groups in total. The van der Waals surface area contributed by atoms with E-state index in [-0.39, 0.29) is 17.1 Å². The Labute approximate surface area is 112 Å². The van der Waals surface area contributed by atoms with Crippen LogP contribution in [0.2, 0.25) is 0 Å². The van der Waals surface area contributed by atoms with Crippen molar-refractivity contribution < 1.29 is 4.39 Å². The smallest absolute Gasteiger partial charge is 0.123 e. The monoisotopic (exact) mass is 262 g/mol. The summed E-state index contributed by atoms with van der Waals surface area (Å²) in [6, 6.07) is 16.7. The molecule has 0 aliphatic rings. The SMILES string of the molecule is CCC(c1ccccc1)C(Cl)c1ccc(F)cc1. The van der Waals surface area contributed by atoms with Crippen molar-refractivity contribution in [3.63, 3.8) is 0 Å². The molecular formula is C16H16ClF. The second kappa shape index (κ2) is 6.01. The highest BCUT2D eigenvalue weighted by atomic mass is 35.5. The van der Waals surface area contributed by atoms with Crippen LogP contribution in [0.4, 0.5) is 4.39 Å². The lowest BCUT2D eigenvalue weighted by Crippen LogP contribution is -2.05. The van der Waals surface area contributed by atoms with Crippen molar-refractivity contribution >= 4 is 11.6 Å². The van der Waals surface area contributed by atoms with Crippen LogP contribution >= 0.6 is 11.6 Å². The highest BCUT2D eigenvalue weighted by Gasteiger charge is 2.20. The van der Waals surface area contributed by atoms with Gasteiger partial charge >= 0.3 is 0 Å². The minimum Gasteiger partial charge on any atom is -0.207 e. The Hall–Kier alpha value is -1.34. The van der Waals surface area contributed by atoms with Gasteiger partial charge in [0.1, 0.15) is 5.82 Å². The van der Waals surface area contributed by atoms with Crippen molar-refractivity contribution in [2.24, 2.45) is 0 Å². The topological polar surface area (TPSA) is 0 Å². The lowest BCUT2D eigenvalue weighted by Gasteiger charge is -2.21. The molecule has 2 aromatic carbocycles. The lowest BCUT2D eigenvalue weighted by atomic mass is 9.89. The summed E-state index contributed by atoms with van der Waals surface area (Å²) in [5.41, 5.74) is 2.19. The van der Waals surface area contributed by atoms with Gasteiger partial charge in [0, 0.05) is 5.92 Å². The maximum Gasteiger partial charge on any atom is 0.123 e. The molecule has 0 saturated carbocycles. The molecule has 94 valence electrons. The molecule has 2 unspecified atom stereocenters. The largest absolute Gasteiger partial charge is 0.207 e. The normalized spacial score (nSPS) is 14.2. The molecule has 0 aliphatic heterocycles. The third-order valence-corrected chi connectivity index (χ3v) is 3.77. The van der Waals surface area contributed by atoms with Gasteiger partial charge in [0.25, 0.3) is 0 Å². The Kier molecular flexibility index (Phi) is 4.38. The van der Waals surface area contributed by atoms with Gasteiger partial charge in [0.15, 0.2) is 0 Å². The number of benzene rings is 2. The molecule has 0 fully saturated rings. The Balaban J connectivity index is 2.25. The zero-order chi connectivity index (χ0) is 13.0. The molecule has 0 radical (unpaired) electrons. The fourth-order valence-electron chi connectivity index (χ4n) is 2.19. The van der Waals surface area contributed by atoms with Gasteiger partial charge in [-0.1, -0.05) is 49.4 Å².